The number of rotatable bonds is 6. The maximum atomic E-state index is 4.33. The number of hydrogen-bond acceptors (Lipinski definition) is 0. The lowest BCUT2D eigenvalue weighted by molar-refractivity contribution is 0.505. The van der Waals surface area contributed by atoms with Crippen LogP contribution in [0.1, 0.15) is 50.7 Å². The van der Waals surface area contributed by atoms with Gasteiger partial charge >= 0.3 is 0 Å². The van der Waals surface area contributed by atoms with Crippen molar-refractivity contribution >= 4 is 0 Å². The summed E-state index contributed by atoms with van der Waals surface area (Å²) in [5.41, 5.74) is 8.32. The first kappa shape index (κ1) is 15.8. The summed E-state index contributed by atoms with van der Waals surface area (Å²) < 4.78 is 0. The van der Waals surface area contributed by atoms with Gasteiger partial charge in [0.15, 0.2) is 0 Å². The normalized spacial score (nSPS) is 14.2. The van der Waals surface area contributed by atoms with Crippen molar-refractivity contribution < 1.29 is 0 Å². The van der Waals surface area contributed by atoms with Crippen LogP contribution in [-0.4, -0.2) is 0 Å². The second-order valence-corrected chi connectivity index (χ2v) is 6.73. The monoisotopic (exact) mass is 302 g/mol. The van der Waals surface area contributed by atoms with Gasteiger partial charge in [0, 0.05) is 5.41 Å². The first-order valence-electron chi connectivity index (χ1n) is 8.65. The van der Waals surface area contributed by atoms with Gasteiger partial charge in [-0.1, -0.05) is 86.7 Å². The fourth-order valence-electron chi connectivity index (χ4n) is 3.96. The first-order valence-corrected chi connectivity index (χ1v) is 8.65. The third kappa shape index (κ3) is 2.57. The van der Waals surface area contributed by atoms with E-state index in [0.29, 0.717) is 0 Å². The Labute approximate surface area is 140 Å². The standard InChI is InChI=1S/C23H26/c1-5-17(3)15-23(16-18(4)6-2)21-13-9-7-11-19(21)20-12-8-10-14-22(20)23/h7-14H,3-6,15-16H2,1-2H3. The van der Waals surface area contributed by atoms with Gasteiger partial charge in [0.25, 0.3) is 0 Å². The Bertz CT molecular complexity index is 683. The van der Waals surface area contributed by atoms with Gasteiger partial charge in [0.1, 0.15) is 0 Å². The molecule has 0 nitrogen and oxygen atoms in total. The molecule has 0 saturated heterocycles. The van der Waals surface area contributed by atoms with Crippen LogP contribution in [0.3, 0.4) is 0 Å². The third-order valence-electron chi connectivity index (χ3n) is 5.28. The van der Waals surface area contributed by atoms with E-state index in [9.17, 15) is 0 Å². The number of fused-ring (bicyclic) bond motifs is 3. The second kappa shape index (κ2) is 6.20. The van der Waals surface area contributed by atoms with Gasteiger partial charge < -0.3 is 0 Å². The molecule has 2 aromatic carbocycles. The molecule has 0 spiro atoms. The van der Waals surface area contributed by atoms with Gasteiger partial charge in [-0.2, -0.15) is 0 Å². The molecule has 0 radical (unpaired) electrons. The van der Waals surface area contributed by atoms with Gasteiger partial charge in [-0.15, -0.1) is 0 Å². The van der Waals surface area contributed by atoms with Crippen LogP contribution in [-0.2, 0) is 5.41 Å². The van der Waals surface area contributed by atoms with Crippen molar-refractivity contribution in [1.82, 2.24) is 0 Å². The molecule has 0 amide bonds. The van der Waals surface area contributed by atoms with Crippen LogP contribution in [0.5, 0.6) is 0 Å². The van der Waals surface area contributed by atoms with E-state index in [2.05, 4.69) is 75.5 Å². The highest BCUT2D eigenvalue weighted by Crippen LogP contribution is 2.54. The summed E-state index contributed by atoms with van der Waals surface area (Å²) in [6.45, 7) is 13.1. The van der Waals surface area contributed by atoms with Crippen LogP contribution in [0.2, 0.25) is 0 Å². The molecule has 0 atom stereocenters. The van der Waals surface area contributed by atoms with E-state index in [1.54, 1.807) is 0 Å². The van der Waals surface area contributed by atoms with Crippen LogP contribution >= 0.6 is 0 Å². The molecule has 1 aliphatic carbocycles. The van der Waals surface area contributed by atoms with Crippen LogP contribution in [0.15, 0.2) is 72.8 Å². The Balaban J connectivity index is 2.24. The van der Waals surface area contributed by atoms with E-state index in [4.69, 9.17) is 0 Å². The van der Waals surface area contributed by atoms with Crippen LogP contribution in [0.25, 0.3) is 11.1 Å². The van der Waals surface area contributed by atoms with Crippen molar-refractivity contribution in [3.05, 3.63) is 84.0 Å². The topological polar surface area (TPSA) is 0 Å². The van der Waals surface area contributed by atoms with E-state index < -0.39 is 0 Å². The van der Waals surface area contributed by atoms with Crippen LogP contribution in [0.4, 0.5) is 0 Å². The first-order chi connectivity index (χ1) is 11.1. The van der Waals surface area contributed by atoms with E-state index >= 15 is 0 Å². The molecule has 1 aliphatic rings. The lowest BCUT2D eigenvalue weighted by Gasteiger charge is -2.34. The van der Waals surface area contributed by atoms with Crippen molar-refractivity contribution in [2.75, 3.05) is 0 Å². The fraction of sp³-hybridized carbons (Fsp3) is 0.304. The van der Waals surface area contributed by atoms with Gasteiger partial charge in [-0.05, 0) is 47.9 Å². The van der Waals surface area contributed by atoms with Gasteiger partial charge in [0.2, 0.25) is 0 Å². The van der Waals surface area contributed by atoms with E-state index in [1.807, 2.05) is 0 Å². The summed E-state index contributed by atoms with van der Waals surface area (Å²) in [6, 6.07) is 17.8. The average Bonchev–Trinajstić information content (AvgIpc) is 2.86. The molecule has 0 heteroatoms. The minimum atomic E-state index is 0.00731. The molecule has 0 unspecified atom stereocenters. The summed E-state index contributed by atoms with van der Waals surface area (Å²) in [7, 11) is 0. The zero-order valence-electron chi connectivity index (χ0n) is 14.4. The summed E-state index contributed by atoms with van der Waals surface area (Å²) in [4.78, 5) is 0. The highest BCUT2D eigenvalue weighted by Gasteiger charge is 2.42. The van der Waals surface area contributed by atoms with E-state index in [0.717, 1.165) is 25.7 Å². The molecule has 23 heavy (non-hydrogen) atoms. The van der Waals surface area contributed by atoms with Gasteiger partial charge in [-0.25, -0.2) is 0 Å². The average molecular weight is 302 g/mol. The lowest BCUT2D eigenvalue weighted by atomic mass is 9.69. The molecular weight excluding hydrogens is 276 g/mol. The van der Waals surface area contributed by atoms with Crippen molar-refractivity contribution in [1.29, 1.82) is 0 Å². The van der Waals surface area contributed by atoms with Crippen molar-refractivity contribution in [3.8, 4) is 11.1 Å². The maximum Gasteiger partial charge on any atom is 0.0289 e. The highest BCUT2D eigenvalue weighted by molar-refractivity contribution is 5.81. The Morgan fingerprint density at radius 3 is 1.52 bits per heavy atom. The maximum absolute atomic E-state index is 4.33. The Kier molecular flexibility index (Phi) is 4.26. The highest BCUT2D eigenvalue weighted by atomic mass is 14.4. The van der Waals surface area contributed by atoms with Crippen molar-refractivity contribution in [2.45, 2.75) is 44.9 Å². The van der Waals surface area contributed by atoms with E-state index in [1.165, 1.54) is 33.4 Å². The minimum absolute atomic E-state index is 0.00731. The smallest absolute Gasteiger partial charge is 0.0289 e. The number of hydrogen-bond donors (Lipinski definition) is 0. The molecule has 0 aromatic heterocycles. The largest absolute Gasteiger partial charge is 0.0998 e. The zero-order chi connectivity index (χ0) is 16.4. The molecule has 2 aromatic rings. The molecule has 0 aliphatic heterocycles. The lowest BCUT2D eigenvalue weighted by Crippen LogP contribution is -2.26. The molecule has 0 heterocycles. The fourth-order valence-corrected chi connectivity index (χ4v) is 3.96. The summed E-state index contributed by atoms with van der Waals surface area (Å²) in [5, 5.41) is 0. The van der Waals surface area contributed by atoms with Crippen LogP contribution in [0, 0.1) is 0 Å². The summed E-state index contributed by atoms with van der Waals surface area (Å²) in [5.74, 6) is 0. The van der Waals surface area contributed by atoms with Crippen LogP contribution < -0.4 is 0 Å². The molecule has 0 fully saturated rings. The molecule has 0 bridgehead atoms. The van der Waals surface area contributed by atoms with Crippen molar-refractivity contribution in [3.63, 3.8) is 0 Å². The Morgan fingerprint density at radius 2 is 1.13 bits per heavy atom. The summed E-state index contributed by atoms with van der Waals surface area (Å²) >= 11 is 0. The Morgan fingerprint density at radius 1 is 0.739 bits per heavy atom. The zero-order valence-corrected chi connectivity index (χ0v) is 14.4. The summed E-state index contributed by atoms with van der Waals surface area (Å²) in [6.07, 6.45) is 4.09. The number of benzene rings is 2. The minimum Gasteiger partial charge on any atom is -0.0998 e. The quantitative estimate of drug-likeness (QED) is 0.523. The molecule has 0 N–H and O–H groups in total. The van der Waals surface area contributed by atoms with Crippen molar-refractivity contribution in [2.24, 2.45) is 0 Å². The predicted molar refractivity (Wildman–Crippen MR) is 101 cm³/mol. The van der Waals surface area contributed by atoms with E-state index in [-0.39, 0.29) is 5.41 Å². The second-order valence-electron chi connectivity index (χ2n) is 6.73. The third-order valence-corrected chi connectivity index (χ3v) is 5.28. The SMILES string of the molecule is C=C(CC)CC1(CC(=C)CC)c2ccccc2-c2ccccc21. The molecule has 0 saturated carbocycles. The molecule has 3 rings (SSSR count). The predicted octanol–water partition coefficient (Wildman–Crippen LogP) is 6.67. The Hall–Kier alpha value is -2.08. The number of allylic oxidation sites excluding steroid dienone is 2. The van der Waals surface area contributed by atoms with Gasteiger partial charge in [0.05, 0.1) is 0 Å². The van der Waals surface area contributed by atoms with Gasteiger partial charge in [-0.3, -0.25) is 0 Å². The molecule has 118 valence electrons. The molecular formula is C23H26.